The molecule has 0 bridgehead atoms. The highest BCUT2D eigenvalue weighted by atomic mass is 79.9. The Hall–Kier alpha value is -0.650. The lowest BCUT2D eigenvalue weighted by Crippen LogP contribution is -2.28. The summed E-state index contributed by atoms with van der Waals surface area (Å²) in [4.78, 5) is 11.6. The highest BCUT2D eigenvalue weighted by Crippen LogP contribution is 2.19. The minimum atomic E-state index is -0.445. The predicted octanol–water partition coefficient (Wildman–Crippen LogP) is 2.80. The van der Waals surface area contributed by atoms with Crippen LogP contribution in [0, 0.1) is 11.7 Å². The van der Waals surface area contributed by atoms with Crippen LogP contribution in [0.2, 0.25) is 0 Å². The third-order valence-electron chi connectivity index (χ3n) is 2.15. The molecular formula is C11H15BrClFN2O. The molecule has 0 aromatic heterocycles. The van der Waals surface area contributed by atoms with Gasteiger partial charge in [-0.05, 0) is 25.2 Å². The van der Waals surface area contributed by atoms with E-state index in [1.54, 1.807) is 20.0 Å². The Kier molecular flexibility index (Phi) is 7.34. The molecule has 0 aliphatic rings. The molecule has 0 aliphatic heterocycles. The Balaban J connectivity index is 0.00000256. The largest absolute Gasteiger partial charge is 0.323 e. The summed E-state index contributed by atoms with van der Waals surface area (Å²) in [5.74, 6) is -0.844. The first-order valence-electron chi connectivity index (χ1n) is 4.95. The summed E-state index contributed by atoms with van der Waals surface area (Å²) in [5, 5.41) is 5.44. The van der Waals surface area contributed by atoms with Crippen molar-refractivity contribution >= 4 is 39.9 Å². The Labute approximate surface area is 115 Å². The summed E-state index contributed by atoms with van der Waals surface area (Å²) in [5.41, 5.74) is 0.205. The van der Waals surface area contributed by atoms with E-state index in [4.69, 9.17) is 0 Å². The average Bonchev–Trinajstić information content (AvgIpc) is 2.22. The smallest absolute Gasteiger partial charge is 0.228 e. The van der Waals surface area contributed by atoms with Gasteiger partial charge in [-0.2, -0.15) is 0 Å². The maximum absolute atomic E-state index is 13.4. The molecular weight excluding hydrogens is 310 g/mol. The number of anilines is 1. The van der Waals surface area contributed by atoms with Gasteiger partial charge in [-0.25, -0.2) is 4.39 Å². The first-order chi connectivity index (χ1) is 7.54. The van der Waals surface area contributed by atoms with Gasteiger partial charge in [0, 0.05) is 16.9 Å². The van der Waals surface area contributed by atoms with E-state index in [9.17, 15) is 9.18 Å². The lowest BCUT2D eigenvalue weighted by Gasteiger charge is -2.12. The number of amides is 1. The van der Waals surface area contributed by atoms with Crippen LogP contribution < -0.4 is 10.6 Å². The Morgan fingerprint density at radius 2 is 2.18 bits per heavy atom. The molecule has 1 aromatic rings. The van der Waals surface area contributed by atoms with Crippen LogP contribution in [0.1, 0.15) is 6.92 Å². The number of halogens is 3. The van der Waals surface area contributed by atoms with Crippen molar-refractivity contribution in [3.05, 3.63) is 28.5 Å². The van der Waals surface area contributed by atoms with Crippen LogP contribution in [0.15, 0.2) is 22.7 Å². The SMILES string of the molecule is CNCC(C)C(=O)Nc1ccc(Br)cc1F.Cl. The van der Waals surface area contributed by atoms with Crippen LogP contribution in [0.4, 0.5) is 10.1 Å². The molecule has 0 heterocycles. The highest BCUT2D eigenvalue weighted by Gasteiger charge is 2.13. The molecule has 0 saturated heterocycles. The second kappa shape index (κ2) is 7.63. The molecule has 0 saturated carbocycles. The van der Waals surface area contributed by atoms with Crippen molar-refractivity contribution in [3.8, 4) is 0 Å². The Bertz CT molecular complexity index is 390. The van der Waals surface area contributed by atoms with E-state index in [0.29, 0.717) is 11.0 Å². The van der Waals surface area contributed by atoms with Crippen molar-refractivity contribution in [2.45, 2.75) is 6.92 Å². The molecule has 17 heavy (non-hydrogen) atoms. The van der Waals surface area contributed by atoms with Gasteiger partial charge >= 0.3 is 0 Å². The van der Waals surface area contributed by atoms with Gasteiger partial charge in [0.05, 0.1) is 5.69 Å². The summed E-state index contributed by atoms with van der Waals surface area (Å²) < 4.78 is 14.0. The molecule has 3 nitrogen and oxygen atoms in total. The molecule has 2 N–H and O–H groups in total. The minimum absolute atomic E-state index is 0. The number of hydrogen-bond acceptors (Lipinski definition) is 2. The predicted molar refractivity (Wildman–Crippen MR) is 73.1 cm³/mol. The Morgan fingerprint density at radius 3 is 2.71 bits per heavy atom. The van der Waals surface area contributed by atoms with Crippen LogP contribution >= 0.6 is 28.3 Å². The second-order valence-corrected chi connectivity index (χ2v) is 4.49. The van der Waals surface area contributed by atoms with Gasteiger partial charge in [0.2, 0.25) is 5.91 Å². The lowest BCUT2D eigenvalue weighted by atomic mass is 10.1. The van der Waals surface area contributed by atoms with Gasteiger partial charge < -0.3 is 10.6 Å². The summed E-state index contributed by atoms with van der Waals surface area (Å²) in [6.07, 6.45) is 0. The number of carbonyl (C=O) groups is 1. The summed E-state index contributed by atoms with van der Waals surface area (Å²) in [7, 11) is 1.77. The fourth-order valence-electron chi connectivity index (χ4n) is 1.25. The third-order valence-corrected chi connectivity index (χ3v) is 2.64. The van der Waals surface area contributed by atoms with E-state index in [2.05, 4.69) is 26.6 Å². The van der Waals surface area contributed by atoms with Crippen LogP contribution in [0.5, 0.6) is 0 Å². The lowest BCUT2D eigenvalue weighted by molar-refractivity contribution is -0.119. The maximum Gasteiger partial charge on any atom is 0.228 e. The van der Waals surface area contributed by atoms with Crippen molar-refractivity contribution in [2.75, 3.05) is 18.9 Å². The quantitative estimate of drug-likeness (QED) is 0.894. The van der Waals surface area contributed by atoms with Gasteiger partial charge in [0.25, 0.3) is 0 Å². The number of rotatable bonds is 4. The van der Waals surface area contributed by atoms with E-state index in [0.717, 1.165) is 0 Å². The molecule has 0 aliphatic carbocycles. The Morgan fingerprint density at radius 1 is 1.53 bits per heavy atom. The van der Waals surface area contributed by atoms with E-state index >= 15 is 0 Å². The molecule has 0 radical (unpaired) electrons. The zero-order valence-electron chi connectivity index (χ0n) is 9.59. The summed E-state index contributed by atoms with van der Waals surface area (Å²) >= 11 is 3.15. The van der Waals surface area contributed by atoms with Crippen molar-refractivity contribution in [1.82, 2.24) is 5.32 Å². The summed E-state index contributed by atoms with van der Waals surface area (Å²) in [6, 6.07) is 4.53. The van der Waals surface area contributed by atoms with Gasteiger partial charge in [0.15, 0.2) is 0 Å². The zero-order valence-corrected chi connectivity index (χ0v) is 12.0. The fraction of sp³-hybridized carbons (Fsp3) is 0.364. The van der Waals surface area contributed by atoms with Crippen molar-refractivity contribution in [1.29, 1.82) is 0 Å². The first-order valence-corrected chi connectivity index (χ1v) is 5.74. The molecule has 1 rings (SSSR count). The van der Waals surface area contributed by atoms with Gasteiger partial charge in [-0.3, -0.25) is 4.79 Å². The molecule has 1 aromatic carbocycles. The van der Waals surface area contributed by atoms with Crippen LogP contribution in [0.3, 0.4) is 0 Å². The topological polar surface area (TPSA) is 41.1 Å². The third kappa shape index (κ3) is 5.02. The molecule has 1 atom stereocenters. The standard InChI is InChI=1S/C11H14BrFN2O.ClH/c1-7(6-14-2)11(16)15-10-4-3-8(12)5-9(10)13;/h3-5,7,14H,6H2,1-2H3,(H,15,16);1H. The van der Waals surface area contributed by atoms with Crippen molar-refractivity contribution in [2.24, 2.45) is 5.92 Å². The number of hydrogen-bond donors (Lipinski definition) is 2. The monoisotopic (exact) mass is 324 g/mol. The van der Waals surface area contributed by atoms with Gasteiger partial charge in [-0.15, -0.1) is 12.4 Å². The molecule has 96 valence electrons. The van der Waals surface area contributed by atoms with Crippen LogP contribution in [-0.2, 0) is 4.79 Å². The van der Waals surface area contributed by atoms with E-state index in [-0.39, 0.29) is 29.9 Å². The van der Waals surface area contributed by atoms with E-state index < -0.39 is 5.82 Å². The minimum Gasteiger partial charge on any atom is -0.323 e. The molecule has 1 amide bonds. The summed E-state index contributed by atoms with van der Waals surface area (Å²) in [6.45, 7) is 2.34. The van der Waals surface area contributed by atoms with Crippen molar-refractivity contribution < 1.29 is 9.18 Å². The maximum atomic E-state index is 13.4. The molecule has 1 unspecified atom stereocenters. The number of benzene rings is 1. The fourth-order valence-corrected chi connectivity index (χ4v) is 1.58. The molecule has 0 fully saturated rings. The second-order valence-electron chi connectivity index (χ2n) is 3.57. The van der Waals surface area contributed by atoms with Crippen LogP contribution in [-0.4, -0.2) is 19.5 Å². The van der Waals surface area contributed by atoms with Gasteiger partial charge in [0.1, 0.15) is 5.82 Å². The highest BCUT2D eigenvalue weighted by molar-refractivity contribution is 9.10. The normalized spacial score (nSPS) is 11.5. The number of nitrogens with one attached hydrogen (secondary N) is 2. The molecule has 6 heteroatoms. The van der Waals surface area contributed by atoms with Crippen molar-refractivity contribution in [3.63, 3.8) is 0 Å². The first kappa shape index (κ1) is 16.4. The van der Waals surface area contributed by atoms with E-state index in [1.165, 1.54) is 12.1 Å². The number of carbonyl (C=O) groups excluding carboxylic acids is 1. The zero-order chi connectivity index (χ0) is 12.1. The average molecular weight is 326 g/mol. The van der Waals surface area contributed by atoms with E-state index in [1.807, 2.05) is 0 Å². The van der Waals surface area contributed by atoms with Crippen LogP contribution in [0.25, 0.3) is 0 Å². The van der Waals surface area contributed by atoms with Gasteiger partial charge in [-0.1, -0.05) is 22.9 Å². The molecule has 0 spiro atoms.